The number of nitrogens with zero attached hydrogens (tertiary/aromatic N) is 2. The third-order valence-corrected chi connectivity index (χ3v) is 7.77. The molecule has 1 heterocycles. The number of ether oxygens (including phenoxy) is 2. The SMILES string of the molecule is CCCCCCOc1ccc(NC(=O)C[C@@H]2SC(=Nc3ccc(Cl)cc3)N(Cc3ccc(OC)cc3)C2=O)cc1. The fourth-order valence-corrected chi connectivity index (χ4v) is 5.43. The van der Waals surface area contributed by atoms with Gasteiger partial charge in [-0.1, -0.05) is 61.7 Å². The van der Waals surface area contributed by atoms with Gasteiger partial charge in [0.05, 0.1) is 25.9 Å². The lowest BCUT2D eigenvalue weighted by Gasteiger charge is -2.17. The van der Waals surface area contributed by atoms with Gasteiger partial charge in [0.1, 0.15) is 16.7 Å². The molecular weight excluding hydrogens is 546 g/mol. The van der Waals surface area contributed by atoms with Crippen molar-refractivity contribution in [2.45, 2.75) is 50.8 Å². The van der Waals surface area contributed by atoms with Crippen molar-refractivity contribution < 1.29 is 19.1 Å². The largest absolute Gasteiger partial charge is 0.497 e. The normalized spacial score (nSPS) is 15.9. The molecule has 210 valence electrons. The van der Waals surface area contributed by atoms with Crippen molar-refractivity contribution in [3.8, 4) is 11.5 Å². The number of anilines is 1. The number of nitrogens with one attached hydrogen (secondary N) is 1. The summed E-state index contributed by atoms with van der Waals surface area (Å²) in [5, 5.41) is 3.46. The van der Waals surface area contributed by atoms with Crippen molar-refractivity contribution in [3.05, 3.63) is 83.4 Å². The number of benzene rings is 3. The Kier molecular flexibility index (Phi) is 10.9. The van der Waals surface area contributed by atoms with E-state index in [0.717, 1.165) is 29.9 Å². The second-order valence-corrected chi connectivity index (χ2v) is 11.0. The van der Waals surface area contributed by atoms with Gasteiger partial charge in [-0.2, -0.15) is 0 Å². The van der Waals surface area contributed by atoms with Crippen LogP contribution in [-0.2, 0) is 16.1 Å². The van der Waals surface area contributed by atoms with Crippen LogP contribution in [0.15, 0.2) is 77.8 Å². The first-order valence-corrected chi connectivity index (χ1v) is 14.7. The number of unbranched alkanes of at least 4 members (excludes halogenated alkanes) is 3. The lowest BCUT2D eigenvalue weighted by molar-refractivity contribution is -0.128. The predicted molar refractivity (Wildman–Crippen MR) is 163 cm³/mol. The molecule has 0 saturated carbocycles. The molecule has 1 saturated heterocycles. The number of amidine groups is 1. The van der Waals surface area contributed by atoms with E-state index in [1.54, 1.807) is 36.3 Å². The Labute approximate surface area is 244 Å². The highest BCUT2D eigenvalue weighted by Gasteiger charge is 2.39. The van der Waals surface area contributed by atoms with Crippen molar-refractivity contribution in [2.24, 2.45) is 4.99 Å². The van der Waals surface area contributed by atoms with Crippen LogP contribution >= 0.6 is 23.4 Å². The standard InChI is InChI=1S/C31H34ClN3O4S/c1-3-4-5-6-19-39-27-17-13-24(14-18-27)33-29(36)20-28-30(37)35(21-22-7-15-26(38-2)16-8-22)31(40-28)34-25-11-9-23(32)10-12-25/h7-18,28H,3-6,19-21H2,1-2H3,(H,33,36)/t28-/m0/s1. The average molecular weight is 580 g/mol. The third kappa shape index (κ3) is 8.50. The van der Waals surface area contributed by atoms with Gasteiger partial charge in [0.15, 0.2) is 5.17 Å². The molecule has 2 amide bonds. The molecule has 0 radical (unpaired) electrons. The summed E-state index contributed by atoms with van der Waals surface area (Å²) >= 11 is 7.32. The van der Waals surface area contributed by atoms with E-state index in [1.807, 2.05) is 48.5 Å². The van der Waals surface area contributed by atoms with E-state index in [1.165, 1.54) is 24.6 Å². The Morgan fingerprint density at radius 1 is 0.975 bits per heavy atom. The van der Waals surface area contributed by atoms with E-state index in [4.69, 9.17) is 26.1 Å². The van der Waals surface area contributed by atoms with Gasteiger partial charge < -0.3 is 14.8 Å². The molecular formula is C31H34ClN3O4S. The van der Waals surface area contributed by atoms with Gasteiger partial charge in [-0.3, -0.25) is 14.5 Å². The Morgan fingerprint density at radius 2 is 1.68 bits per heavy atom. The maximum atomic E-state index is 13.5. The second kappa shape index (κ2) is 14.8. The molecule has 1 fully saturated rings. The van der Waals surface area contributed by atoms with E-state index in [-0.39, 0.29) is 18.2 Å². The number of hydrogen-bond donors (Lipinski definition) is 1. The van der Waals surface area contributed by atoms with Crippen LogP contribution in [0, 0.1) is 0 Å². The maximum Gasteiger partial charge on any atom is 0.242 e. The number of halogens is 1. The number of carbonyl (C=O) groups is 2. The zero-order valence-corrected chi connectivity index (χ0v) is 24.3. The van der Waals surface area contributed by atoms with Crippen LogP contribution in [0.1, 0.15) is 44.6 Å². The highest BCUT2D eigenvalue weighted by Crippen LogP contribution is 2.33. The van der Waals surface area contributed by atoms with Crippen LogP contribution in [0.4, 0.5) is 11.4 Å². The maximum absolute atomic E-state index is 13.5. The van der Waals surface area contributed by atoms with Crippen molar-refractivity contribution in [3.63, 3.8) is 0 Å². The van der Waals surface area contributed by atoms with Gasteiger partial charge >= 0.3 is 0 Å². The summed E-state index contributed by atoms with van der Waals surface area (Å²) in [7, 11) is 1.61. The molecule has 9 heteroatoms. The summed E-state index contributed by atoms with van der Waals surface area (Å²) in [6.07, 6.45) is 4.61. The first-order valence-electron chi connectivity index (χ1n) is 13.4. The minimum absolute atomic E-state index is 0.0257. The number of carbonyl (C=O) groups excluding carboxylic acids is 2. The van der Waals surface area contributed by atoms with Crippen LogP contribution < -0.4 is 14.8 Å². The smallest absolute Gasteiger partial charge is 0.242 e. The van der Waals surface area contributed by atoms with Crippen LogP contribution in [0.2, 0.25) is 5.02 Å². The fourth-order valence-electron chi connectivity index (χ4n) is 4.14. The molecule has 0 spiro atoms. The number of rotatable bonds is 13. The first-order chi connectivity index (χ1) is 19.4. The molecule has 0 aliphatic carbocycles. The van der Waals surface area contributed by atoms with Crippen LogP contribution in [-0.4, -0.2) is 40.8 Å². The first kappa shape index (κ1) is 29.5. The highest BCUT2D eigenvalue weighted by atomic mass is 35.5. The fraction of sp³-hybridized carbons (Fsp3) is 0.323. The predicted octanol–water partition coefficient (Wildman–Crippen LogP) is 7.47. The monoisotopic (exact) mass is 579 g/mol. The van der Waals surface area contributed by atoms with E-state index in [2.05, 4.69) is 12.2 Å². The van der Waals surface area contributed by atoms with Crippen LogP contribution in [0.25, 0.3) is 0 Å². The Morgan fingerprint density at radius 3 is 2.35 bits per heavy atom. The summed E-state index contributed by atoms with van der Waals surface area (Å²) < 4.78 is 11.0. The number of methoxy groups -OCH3 is 1. The quantitative estimate of drug-likeness (QED) is 0.212. The molecule has 0 bridgehead atoms. The molecule has 0 aromatic heterocycles. The molecule has 1 N–H and O–H groups in total. The lowest BCUT2D eigenvalue weighted by atomic mass is 10.2. The second-order valence-electron chi connectivity index (χ2n) is 9.44. The Balaban J connectivity index is 1.40. The van der Waals surface area contributed by atoms with Gasteiger partial charge in [-0.05, 0) is 72.6 Å². The van der Waals surface area contributed by atoms with Crippen molar-refractivity contribution in [1.29, 1.82) is 0 Å². The summed E-state index contributed by atoms with van der Waals surface area (Å²) in [5.41, 5.74) is 2.26. The van der Waals surface area contributed by atoms with Crippen molar-refractivity contribution in [1.82, 2.24) is 4.90 Å². The zero-order chi connectivity index (χ0) is 28.3. The summed E-state index contributed by atoms with van der Waals surface area (Å²) in [6.45, 7) is 3.20. The van der Waals surface area contributed by atoms with Gasteiger partial charge in [-0.25, -0.2) is 4.99 Å². The van der Waals surface area contributed by atoms with E-state index in [0.29, 0.717) is 34.7 Å². The molecule has 7 nitrogen and oxygen atoms in total. The average Bonchev–Trinajstić information content (AvgIpc) is 3.24. The number of aliphatic imine (C=N–C) groups is 1. The van der Waals surface area contributed by atoms with Gasteiger partial charge in [0.2, 0.25) is 11.8 Å². The molecule has 4 rings (SSSR count). The molecule has 3 aromatic rings. The summed E-state index contributed by atoms with van der Waals surface area (Å²) in [5.74, 6) is 1.11. The van der Waals surface area contributed by atoms with Crippen LogP contribution in [0.3, 0.4) is 0 Å². The number of thioether (sulfide) groups is 1. The van der Waals surface area contributed by atoms with Crippen molar-refractivity contribution >= 4 is 51.7 Å². The zero-order valence-electron chi connectivity index (χ0n) is 22.8. The molecule has 0 unspecified atom stereocenters. The van der Waals surface area contributed by atoms with Crippen LogP contribution in [0.5, 0.6) is 11.5 Å². The number of amides is 2. The molecule has 40 heavy (non-hydrogen) atoms. The van der Waals surface area contributed by atoms with E-state index < -0.39 is 5.25 Å². The number of hydrogen-bond acceptors (Lipinski definition) is 6. The van der Waals surface area contributed by atoms with Gasteiger partial charge in [0.25, 0.3) is 0 Å². The molecule has 1 aliphatic heterocycles. The van der Waals surface area contributed by atoms with E-state index in [9.17, 15) is 9.59 Å². The van der Waals surface area contributed by atoms with Crippen molar-refractivity contribution in [2.75, 3.05) is 19.0 Å². The summed E-state index contributed by atoms with van der Waals surface area (Å²) in [6, 6.07) is 21.9. The van der Waals surface area contributed by atoms with Gasteiger partial charge in [0, 0.05) is 17.1 Å². The third-order valence-electron chi connectivity index (χ3n) is 6.35. The van der Waals surface area contributed by atoms with E-state index >= 15 is 0 Å². The molecule has 1 atom stereocenters. The lowest BCUT2D eigenvalue weighted by Crippen LogP contribution is -2.33. The van der Waals surface area contributed by atoms with Gasteiger partial charge in [-0.15, -0.1) is 0 Å². The highest BCUT2D eigenvalue weighted by molar-refractivity contribution is 8.15. The molecule has 3 aromatic carbocycles. The Bertz CT molecular complexity index is 1300. The Hall–Kier alpha value is -3.49. The minimum atomic E-state index is -0.588. The summed E-state index contributed by atoms with van der Waals surface area (Å²) in [4.78, 5) is 32.7. The topological polar surface area (TPSA) is 80.2 Å². The minimum Gasteiger partial charge on any atom is -0.497 e. The molecule has 1 aliphatic rings.